The number of aliphatic hydroxyl groups excluding tert-OH is 1. The lowest BCUT2D eigenvalue weighted by Gasteiger charge is -2.14. The van der Waals surface area contributed by atoms with E-state index < -0.39 is 6.10 Å². The average molecular weight is 265 g/mol. The van der Waals surface area contributed by atoms with Crippen LogP contribution in [0.5, 0.6) is 0 Å². The van der Waals surface area contributed by atoms with Crippen LogP contribution in [0.1, 0.15) is 37.0 Å². The SMILES string of the molecule is CCOCCCC(=O)NCC(O)c1ccccc1C. The molecule has 0 aliphatic heterocycles. The predicted molar refractivity (Wildman–Crippen MR) is 74.9 cm³/mol. The lowest BCUT2D eigenvalue weighted by molar-refractivity contribution is -0.121. The first kappa shape index (κ1) is 15.7. The van der Waals surface area contributed by atoms with Crippen LogP contribution in [0, 0.1) is 6.92 Å². The number of rotatable bonds is 8. The molecule has 0 aromatic heterocycles. The Labute approximate surface area is 114 Å². The Hall–Kier alpha value is -1.39. The molecule has 0 aliphatic carbocycles. The molecular weight excluding hydrogens is 242 g/mol. The van der Waals surface area contributed by atoms with Crippen LogP contribution >= 0.6 is 0 Å². The summed E-state index contributed by atoms with van der Waals surface area (Å²) in [7, 11) is 0. The molecule has 0 spiro atoms. The standard InChI is InChI=1S/C15H23NO3/c1-3-19-10-6-9-15(18)16-11-14(17)13-8-5-4-7-12(13)2/h4-5,7-8,14,17H,3,6,9-11H2,1-2H3,(H,16,18). The van der Waals surface area contributed by atoms with Gasteiger partial charge in [0.05, 0.1) is 6.10 Å². The molecule has 0 aliphatic rings. The van der Waals surface area contributed by atoms with Gasteiger partial charge in [0.25, 0.3) is 0 Å². The molecule has 2 N–H and O–H groups in total. The number of hydrogen-bond donors (Lipinski definition) is 2. The zero-order valence-electron chi connectivity index (χ0n) is 11.7. The van der Waals surface area contributed by atoms with Gasteiger partial charge in [-0.25, -0.2) is 0 Å². The minimum atomic E-state index is -0.656. The van der Waals surface area contributed by atoms with Crippen molar-refractivity contribution in [2.75, 3.05) is 19.8 Å². The number of aliphatic hydroxyl groups is 1. The second-order valence-electron chi connectivity index (χ2n) is 4.48. The summed E-state index contributed by atoms with van der Waals surface area (Å²) in [6, 6.07) is 7.64. The molecule has 4 heteroatoms. The van der Waals surface area contributed by atoms with Crippen molar-refractivity contribution >= 4 is 5.91 Å². The van der Waals surface area contributed by atoms with Gasteiger partial charge in [-0.05, 0) is 31.4 Å². The van der Waals surface area contributed by atoms with E-state index in [4.69, 9.17) is 4.74 Å². The number of amides is 1. The molecule has 19 heavy (non-hydrogen) atoms. The number of aryl methyl sites for hydroxylation is 1. The maximum atomic E-state index is 11.5. The van der Waals surface area contributed by atoms with E-state index in [2.05, 4.69) is 5.32 Å². The van der Waals surface area contributed by atoms with E-state index in [0.717, 1.165) is 11.1 Å². The van der Waals surface area contributed by atoms with Crippen molar-refractivity contribution in [2.45, 2.75) is 32.8 Å². The van der Waals surface area contributed by atoms with Gasteiger partial charge in [0.15, 0.2) is 0 Å². The Kier molecular flexibility index (Phi) is 7.15. The van der Waals surface area contributed by atoms with Gasteiger partial charge in [-0.2, -0.15) is 0 Å². The van der Waals surface area contributed by atoms with Crippen LogP contribution in [0.25, 0.3) is 0 Å². The van der Waals surface area contributed by atoms with Gasteiger partial charge in [-0.15, -0.1) is 0 Å². The van der Waals surface area contributed by atoms with Crippen LogP contribution in [0.4, 0.5) is 0 Å². The molecule has 0 radical (unpaired) electrons. The quantitative estimate of drug-likeness (QED) is 0.706. The number of benzene rings is 1. The number of hydrogen-bond acceptors (Lipinski definition) is 3. The molecule has 0 fully saturated rings. The summed E-state index contributed by atoms with van der Waals surface area (Å²) in [5, 5.41) is 12.8. The van der Waals surface area contributed by atoms with Crippen molar-refractivity contribution < 1.29 is 14.6 Å². The lowest BCUT2D eigenvalue weighted by Crippen LogP contribution is -2.28. The Morgan fingerprint density at radius 2 is 2.16 bits per heavy atom. The summed E-state index contributed by atoms with van der Waals surface area (Å²) in [4.78, 5) is 11.5. The van der Waals surface area contributed by atoms with Gasteiger partial charge in [0.2, 0.25) is 5.91 Å². The van der Waals surface area contributed by atoms with Crippen LogP contribution in [-0.2, 0) is 9.53 Å². The molecule has 0 heterocycles. The first-order valence-corrected chi connectivity index (χ1v) is 6.73. The highest BCUT2D eigenvalue weighted by Gasteiger charge is 2.11. The summed E-state index contributed by atoms with van der Waals surface area (Å²) < 4.78 is 5.17. The highest BCUT2D eigenvalue weighted by atomic mass is 16.5. The van der Waals surface area contributed by atoms with Gasteiger partial charge in [0, 0.05) is 26.2 Å². The van der Waals surface area contributed by atoms with Crippen LogP contribution in [0.3, 0.4) is 0 Å². The van der Waals surface area contributed by atoms with Crippen molar-refractivity contribution in [1.29, 1.82) is 0 Å². The van der Waals surface area contributed by atoms with Crippen LogP contribution in [0.15, 0.2) is 24.3 Å². The fourth-order valence-electron chi connectivity index (χ4n) is 1.85. The summed E-state index contributed by atoms with van der Waals surface area (Å²) in [6.45, 7) is 5.40. The Morgan fingerprint density at radius 3 is 2.84 bits per heavy atom. The first-order valence-electron chi connectivity index (χ1n) is 6.73. The third kappa shape index (κ3) is 5.85. The normalized spacial score (nSPS) is 12.2. The monoisotopic (exact) mass is 265 g/mol. The van der Waals surface area contributed by atoms with Gasteiger partial charge in [-0.1, -0.05) is 24.3 Å². The van der Waals surface area contributed by atoms with Crippen LogP contribution in [-0.4, -0.2) is 30.8 Å². The van der Waals surface area contributed by atoms with Crippen LogP contribution < -0.4 is 5.32 Å². The average Bonchev–Trinajstić information content (AvgIpc) is 2.41. The van der Waals surface area contributed by atoms with Crippen molar-refractivity contribution in [1.82, 2.24) is 5.32 Å². The zero-order chi connectivity index (χ0) is 14.1. The molecule has 1 rings (SSSR count). The van der Waals surface area contributed by atoms with E-state index in [1.165, 1.54) is 0 Å². The molecular formula is C15H23NO3. The highest BCUT2D eigenvalue weighted by molar-refractivity contribution is 5.75. The first-order chi connectivity index (χ1) is 9.15. The zero-order valence-corrected chi connectivity index (χ0v) is 11.7. The maximum absolute atomic E-state index is 11.5. The molecule has 1 unspecified atom stereocenters. The van der Waals surface area contributed by atoms with Gasteiger partial charge < -0.3 is 15.2 Å². The molecule has 4 nitrogen and oxygen atoms in total. The second-order valence-corrected chi connectivity index (χ2v) is 4.48. The minimum absolute atomic E-state index is 0.0488. The van der Waals surface area contributed by atoms with Crippen LogP contribution in [0.2, 0.25) is 0 Å². The van der Waals surface area contributed by atoms with Crippen molar-refractivity contribution in [3.8, 4) is 0 Å². The predicted octanol–water partition coefficient (Wildman–Crippen LogP) is 1.96. The van der Waals surface area contributed by atoms with E-state index >= 15 is 0 Å². The molecule has 106 valence electrons. The third-order valence-electron chi connectivity index (χ3n) is 2.94. The van der Waals surface area contributed by atoms with E-state index in [1.807, 2.05) is 38.1 Å². The van der Waals surface area contributed by atoms with Crippen molar-refractivity contribution in [3.05, 3.63) is 35.4 Å². The summed E-state index contributed by atoms with van der Waals surface area (Å²) >= 11 is 0. The van der Waals surface area contributed by atoms with E-state index in [0.29, 0.717) is 26.1 Å². The number of ether oxygens (including phenoxy) is 1. The summed E-state index contributed by atoms with van der Waals surface area (Å²) in [6.07, 6.45) is 0.484. The number of nitrogens with one attached hydrogen (secondary N) is 1. The van der Waals surface area contributed by atoms with Gasteiger partial charge in [0.1, 0.15) is 0 Å². The van der Waals surface area contributed by atoms with Gasteiger partial charge >= 0.3 is 0 Å². The van der Waals surface area contributed by atoms with Crippen molar-refractivity contribution in [3.63, 3.8) is 0 Å². The van der Waals surface area contributed by atoms with E-state index in [-0.39, 0.29) is 12.5 Å². The minimum Gasteiger partial charge on any atom is -0.387 e. The topological polar surface area (TPSA) is 58.6 Å². The molecule has 0 saturated carbocycles. The largest absolute Gasteiger partial charge is 0.387 e. The Bertz CT molecular complexity index is 393. The lowest BCUT2D eigenvalue weighted by atomic mass is 10.0. The number of carbonyl (C=O) groups excluding carboxylic acids is 1. The van der Waals surface area contributed by atoms with Gasteiger partial charge in [-0.3, -0.25) is 4.79 Å². The molecule has 1 aromatic rings. The second kappa shape index (κ2) is 8.67. The highest BCUT2D eigenvalue weighted by Crippen LogP contribution is 2.16. The van der Waals surface area contributed by atoms with E-state index in [1.54, 1.807) is 0 Å². The summed E-state index contributed by atoms with van der Waals surface area (Å²) in [5.74, 6) is -0.0488. The maximum Gasteiger partial charge on any atom is 0.220 e. The molecule has 0 bridgehead atoms. The Balaban J connectivity index is 2.28. The fraction of sp³-hybridized carbons (Fsp3) is 0.533. The number of carbonyl (C=O) groups is 1. The third-order valence-corrected chi connectivity index (χ3v) is 2.94. The molecule has 1 aromatic carbocycles. The smallest absolute Gasteiger partial charge is 0.220 e. The van der Waals surface area contributed by atoms with Crippen molar-refractivity contribution in [2.24, 2.45) is 0 Å². The fourth-order valence-corrected chi connectivity index (χ4v) is 1.85. The Morgan fingerprint density at radius 1 is 1.42 bits per heavy atom. The molecule has 1 atom stereocenters. The van der Waals surface area contributed by atoms with E-state index in [9.17, 15) is 9.90 Å². The molecule has 1 amide bonds. The summed E-state index contributed by atoms with van der Waals surface area (Å²) in [5.41, 5.74) is 1.89. The molecule has 0 saturated heterocycles.